The van der Waals surface area contributed by atoms with Gasteiger partial charge in [-0.25, -0.2) is 4.39 Å². The Morgan fingerprint density at radius 1 is 1.25 bits per heavy atom. The first-order valence-corrected chi connectivity index (χ1v) is 7.50. The van der Waals surface area contributed by atoms with Crippen LogP contribution in [-0.4, -0.2) is 12.9 Å². The highest BCUT2D eigenvalue weighted by atomic mass is 32.1. The Labute approximate surface area is 121 Å². The highest BCUT2D eigenvalue weighted by Gasteiger charge is 2.20. The van der Waals surface area contributed by atoms with Gasteiger partial charge in [0.15, 0.2) is 0 Å². The lowest BCUT2D eigenvalue weighted by atomic mass is 9.98. The van der Waals surface area contributed by atoms with Gasteiger partial charge in [0.1, 0.15) is 11.6 Å². The number of benzene rings is 1. The Morgan fingerprint density at radius 2 is 2.05 bits per heavy atom. The fourth-order valence-electron chi connectivity index (χ4n) is 2.54. The molecule has 0 atom stereocenters. The van der Waals surface area contributed by atoms with Crippen LogP contribution in [0.4, 0.5) is 4.39 Å². The Balaban J connectivity index is 1.94. The lowest BCUT2D eigenvalue weighted by Crippen LogP contribution is -2.02. The lowest BCUT2D eigenvalue weighted by molar-refractivity contribution is 0.103. The van der Waals surface area contributed by atoms with Crippen LogP contribution < -0.4 is 4.74 Å². The average Bonchev–Trinajstić information content (AvgIpc) is 2.90. The third-order valence-corrected chi connectivity index (χ3v) is 4.88. The van der Waals surface area contributed by atoms with E-state index in [2.05, 4.69) is 0 Å². The van der Waals surface area contributed by atoms with E-state index in [1.165, 1.54) is 53.9 Å². The van der Waals surface area contributed by atoms with Gasteiger partial charge >= 0.3 is 0 Å². The molecule has 0 fully saturated rings. The molecule has 0 saturated heterocycles. The number of ketones is 1. The van der Waals surface area contributed by atoms with Crippen molar-refractivity contribution >= 4 is 17.1 Å². The summed E-state index contributed by atoms with van der Waals surface area (Å²) in [6.07, 6.45) is 4.43. The zero-order valence-electron chi connectivity index (χ0n) is 11.2. The summed E-state index contributed by atoms with van der Waals surface area (Å²) in [5.41, 5.74) is 1.38. The number of hydrogen-bond acceptors (Lipinski definition) is 3. The van der Waals surface area contributed by atoms with Crippen LogP contribution in [0.1, 0.15) is 38.5 Å². The number of carbonyl (C=O) groups excluding carboxylic acids is 1. The van der Waals surface area contributed by atoms with Gasteiger partial charge in [-0.1, -0.05) is 0 Å². The van der Waals surface area contributed by atoms with Crippen LogP contribution in [-0.2, 0) is 12.8 Å². The average molecular weight is 290 g/mol. The second kappa shape index (κ2) is 5.37. The van der Waals surface area contributed by atoms with E-state index >= 15 is 0 Å². The Kier molecular flexibility index (Phi) is 3.57. The Bertz CT molecular complexity index is 637. The molecule has 2 aromatic rings. The van der Waals surface area contributed by atoms with Crippen molar-refractivity contribution in [2.24, 2.45) is 0 Å². The maximum atomic E-state index is 14.0. The summed E-state index contributed by atoms with van der Waals surface area (Å²) in [5.74, 6) is -0.338. The van der Waals surface area contributed by atoms with Crippen molar-refractivity contribution in [2.45, 2.75) is 25.7 Å². The first-order chi connectivity index (χ1) is 9.69. The van der Waals surface area contributed by atoms with Gasteiger partial charge in [0.25, 0.3) is 0 Å². The molecule has 20 heavy (non-hydrogen) atoms. The van der Waals surface area contributed by atoms with Gasteiger partial charge in [0, 0.05) is 10.9 Å². The molecule has 0 saturated carbocycles. The second-order valence-corrected chi connectivity index (χ2v) is 6.08. The van der Waals surface area contributed by atoms with Gasteiger partial charge in [0.2, 0.25) is 5.78 Å². The third-order valence-electron chi connectivity index (χ3n) is 3.64. The zero-order valence-corrected chi connectivity index (χ0v) is 12.1. The van der Waals surface area contributed by atoms with Gasteiger partial charge in [-0.3, -0.25) is 4.79 Å². The summed E-state index contributed by atoms with van der Waals surface area (Å²) in [5, 5.41) is 0. The summed E-state index contributed by atoms with van der Waals surface area (Å²) >= 11 is 1.51. The maximum absolute atomic E-state index is 14.0. The van der Waals surface area contributed by atoms with E-state index in [0.29, 0.717) is 10.6 Å². The molecular weight excluding hydrogens is 275 g/mol. The summed E-state index contributed by atoms with van der Waals surface area (Å²) in [6.45, 7) is 0. The number of carbonyl (C=O) groups is 1. The largest absolute Gasteiger partial charge is 0.497 e. The molecule has 0 radical (unpaired) electrons. The minimum absolute atomic E-state index is 0.115. The maximum Gasteiger partial charge on any atom is 0.205 e. The number of rotatable bonds is 3. The van der Waals surface area contributed by atoms with Crippen molar-refractivity contribution in [1.29, 1.82) is 0 Å². The van der Waals surface area contributed by atoms with Gasteiger partial charge in [-0.05, 0) is 49.4 Å². The van der Waals surface area contributed by atoms with Crippen molar-refractivity contribution in [3.63, 3.8) is 0 Å². The van der Waals surface area contributed by atoms with Crippen LogP contribution in [0.5, 0.6) is 5.75 Å². The van der Waals surface area contributed by atoms with Crippen LogP contribution in [0.3, 0.4) is 0 Å². The van der Waals surface area contributed by atoms with E-state index < -0.39 is 5.82 Å². The molecular formula is C16H15FO2S. The number of thiophene rings is 1. The molecule has 0 unspecified atom stereocenters. The van der Waals surface area contributed by atoms with Crippen LogP contribution in [0.25, 0.3) is 0 Å². The quantitative estimate of drug-likeness (QED) is 0.798. The van der Waals surface area contributed by atoms with Crippen molar-refractivity contribution < 1.29 is 13.9 Å². The van der Waals surface area contributed by atoms with Crippen molar-refractivity contribution in [3.8, 4) is 5.75 Å². The van der Waals surface area contributed by atoms with E-state index in [-0.39, 0.29) is 11.3 Å². The van der Waals surface area contributed by atoms with Gasteiger partial charge in [0.05, 0.1) is 17.6 Å². The SMILES string of the molecule is COc1ccc(C(=O)c2cc3c(s2)CCCC3)c(F)c1. The number of hydrogen-bond donors (Lipinski definition) is 0. The second-order valence-electron chi connectivity index (χ2n) is 4.94. The molecule has 1 aromatic carbocycles. The van der Waals surface area contributed by atoms with Gasteiger partial charge in [-0.15, -0.1) is 11.3 Å². The topological polar surface area (TPSA) is 26.3 Å². The van der Waals surface area contributed by atoms with E-state index in [0.717, 1.165) is 12.8 Å². The number of ether oxygens (including phenoxy) is 1. The molecule has 0 N–H and O–H groups in total. The molecule has 1 heterocycles. The van der Waals surface area contributed by atoms with E-state index in [1.807, 2.05) is 6.07 Å². The molecule has 0 aliphatic heterocycles. The molecule has 4 heteroatoms. The van der Waals surface area contributed by atoms with Gasteiger partial charge < -0.3 is 4.74 Å². The predicted octanol–water partition coefficient (Wildman–Crippen LogP) is 4.01. The van der Waals surface area contributed by atoms with Gasteiger partial charge in [-0.2, -0.15) is 0 Å². The summed E-state index contributed by atoms with van der Waals surface area (Å²) < 4.78 is 18.9. The summed E-state index contributed by atoms with van der Waals surface area (Å²) in [4.78, 5) is 14.3. The highest BCUT2D eigenvalue weighted by molar-refractivity contribution is 7.14. The molecule has 2 nitrogen and oxygen atoms in total. The third kappa shape index (κ3) is 2.36. The van der Waals surface area contributed by atoms with E-state index in [9.17, 15) is 9.18 Å². The van der Waals surface area contributed by atoms with E-state index in [4.69, 9.17) is 4.74 Å². The smallest absolute Gasteiger partial charge is 0.205 e. The van der Waals surface area contributed by atoms with Crippen molar-refractivity contribution in [1.82, 2.24) is 0 Å². The standard InChI is InChI=1S/C16H15FO2S/c1-19-11-6-7-12(13(17)9-11)16(18)15-8-10-4-2-3-5-14(10)20-15/h6-9H,2-5H2,1H3. The van der Waals surface area contributed by atoms with Crippen LogP contribution in [0.2, 0.25) is 0 Å². The lowest BCUT2D eigenvalue weighted by Gasteiger charge is -2.08. The summed E-state index contributed by atoms with van der Waals surface area (Å²) in [6, 6.07) is 6.30. The fraction of sp³-hybridized carbons (Fsp3) is 0.312. The minimum Gasteiger partial charge on any atom is -0.497 e. The monoisotopic (exact) mass is 290 g/mol. The van der Waals surface area contributed by atoms with Crippen LogP contribution in [0.15, 0.2) is 24.3 Å². The van der Waals surface area contributed by atoms with Crippen molar-refractivity contribution in [2.75, 3.05) is 7.11 Å². The fourth-order valence-corrected chi connectivity index (χ4v) is 3.75. The molecule has 1 aliphatic rings. The number of fused-ring (bicyclic) bond motifs is 1. The molecule has 0 bridgehead atoms. The first kappa shape index (κ1) is 13.3. The number of halogens is 1. The van der Waals surface area contributed by atoms with E-state index in [1.54, 1.807) is 6.07 Å². The molecule has 104 valence electrons. The normalized spacial score (nSPS) is 13.9. The molecule has 0 amide bonds. The Morgan fingerprint density at radius 3 is 2.75 bits per heavy atom. The van der Waals surface area contributed by atoms with Crippen LogP contribution >= 0.6 is 11.3 Å². The highest BCUT2D eigenvalue weighted by Crippen LogP contribution is 2.31. The molecule has 3 rings (SSSR count). The number of aryl methyl sites for hydroxylation is 2. The van der Waals surface area contributed by atoms with Crippen molar-refractivity contribution in [3.05, 3.63) is 51.0 Å². The minimum atomic E-state index is -0.527. The number of methoxy groups -OCH3 is 1. The van der Waals surface area contributed by atoms with Crippen LogP contribution in [0, 0.1) is 5.82 Å². The first-order valence-electron chi connectivity index (χ1n) is 6.69. The zero-order chi connectivity index (χ0) is 14.1. The Hall–Kier alpha value is -1.68. The molecule has 1 aromatic heterocycles. The summed E-state index contributed by atoms with van der Waals surface area (Å²) in [7, 11) is 1.48. The molecule has 0 spiro atoms. The predicted molar refractivity (Wildman–Crippen MR) is 77.3 cm³/mol. The molecule has 1 aliphatic carbocycles.